The predicted octanol–water partition coefficient (Wildman–Crippen LogP) is 2.03. The summed E-state index contributed by atoms with van der Waals surface area (Å²) in [6, 6.07) is 9.34. The number of benzene rings is 1. The zero-order valence-electron chi connectivity index (χ0n) is 13.9. The Kier molecular flexibility index (Phi) is 5.33. The summed E-state index contributed by atoms with van der Waals surface area (Å²) < 4.78 is 10.4. The van der Waals surface area contributed by atoms with E-state index in [9.17, 15) is 14.4 Å². The third-order valence-electron chi connectivity index (χ3n) is 3.91. The van der Waals surface area contributed by atoms with E-state index in [4.69, 9.17) is 14.3 Å². The fourth-order valence-corrected chi connectivity index (χ4v) is 2.60. The van der Waals surface area contributed by atoms with Gasteiger partial charge in [0.1, 0.15) is 11.9 Å². The highest BCUT2D eigenvalue weighted by molar-refractivity contribution is 5.98. The van der Waals surface area contributed by atoms with Crippen LogP contribution in [0.2, 0.25) is 0 Å². The molecule has 1 fully saturated rings. The molecule has 2 amide bonds. The molecule has 0 aliphatic carbocycles. The molecule has 1 aliphatic heterocycles. The minimum Gasteiger partial charge on any atom is -0.475 e. The van der Waals surface area contributed by atoms with Gasteiger partial charge in [0.05, 0.1) is 6.54 Å². The smallest absolute Gasteiger partial charge is 0.371 e. The van der Waals surface area contributed by atoms with Crippen molar-refractivity contribution in [2.24, 2.45) is 0 Å². The van der Waals surface area contributed by atoms with Gasteiger partial charge in [-0.25, -0.2) is 4.79 Å². The SMILES string of the molecule is O=C(NCc1ccc(C(=O)O)o1)c1cccc(NC(=O)C2CCCO2)c1. The van der Waals surface area contributed by atoms with Gasteiger partial charge in [-0.15, -0.1) is 0 Å². The van der Waals surface area contributed by atoms with Crippen molar-refractivity contribution in [1.82, 2.24) is 5.32 Å². The first-order chi connectivity index (χ1) is 12.5. The van der Waals surface area contributed by atoms with Crippen LogP contribution >= 0.6 is 0 Å². The molecule has 26 heavy (non-hydrogen) atoms. The molecule has 0 saturated carbocycles. The van der Waals surface area contributed by atoms with Crippen LogP contribution in [0.5, 0.6) is 0 Å². The van der Waals surface area contributed by atoms with Gasteiger partial charge >= 0.3 is 5.97 Å². The van der Waals surface area contributed by atoms with Crippen LogP contribution in [0.1, 0.15) is 39.5 Å². The number of carbonyl (C=O) groups is 3. The van der Waals surface area contributed by atoms with Crippen LogP contribution in [0.25, 0.3) is 0 Å². The van der Waals surface area contributed by atoms with Gasteiger partial charge < -0.3 is 24.9 Å². The Labute approximate surface area is 149 Å². The number of aromatic carboxylic acids is 1. The third-order valence-corrected chi connectivity index (χ3v) is 3.91. The summed E-state index contributed by atoms with van der Waals surface area (Å²) in [6.07, 6.45) is 1.10. The van der Waals surface area contributed by atoms with Gasteiger partial charge in [0.25, 0.3) is 11.8 Å². The molecule has 3 rings (SSSR count). The Balaban J connectivity index is 1.58. The minimum absolute atomic E-state index is 0.0542. The maximum absolute atomic E-state index is 12.2. The molecule has 0 bridgehead atoms. The van der Waals surface area contributed by atoms with Crippen molar-refractivity contribution in [3.63, 3.8) is 0 Å². The predicted molar refractivity (Wildman–Crippen MR) is 90.9 cm³/mol. The molecule has 1 saturated heterocycles. The summed E-state index contributed by atoms with van der Waals surface area (Å²) in [7, 11) is 0. The van der Waals surface area contributed by atoms with Crippen LogP contribution in [0.4, 0.5) is 5.69 Å². The van der Waals surface area contributed by atoms with Crippen molar-refractivity contribution >= 4 is 23.5 Å². The van der Waals surface area contributed by atoms with E-state index in [2.05, 4.69) is 10.6 Å². The Hall–Kier alpha value is -3.13. The number of carboxylic acids is 1. The van der Waals surface area contributed by atoms with Crippen molar-refractivity contribution < 1.29 is 28.6 Å². The maximum Gasteiger partial charge on any atom is 0.371 e. The first kappa shape index (κ1) is 17.7. The van der Waals surface area contributed by atoms with Gasteiger partial charge in [-0.05, 0) is 43.2 Å². The largest absolute Gasteiger partial charge is 0.475 e. The van der Waals surface area contributed by atoms with E-state index in [1.165, 1.54) is 12.1 Å². The molecule has 0 radical (unpaired) electrons. The van der Waals surface area contributed by atoms with E-state index in [0.717, 1.165) is 6.42 Å². The topological polar surface area (TPSA) is 118 Å². The molecule has 1 aliphatic rings. The van der Waals surface area contributed by atoms with Crippen LogP contribution in [0, 0.1) is 0 Å². The van der Waals surface area contributed by atoms with E-state index in [1.54, 1.807) is 24.3 Å². The average molecular weight is 358 g/mol. The minimum atomic E-state index is -1.17. The number of anilines is 1. The van der Waals surface area contributed by atoms with Crippen molar-refractivity contribution in [1.29, 1.82) is 0 Å². The number of carboxylic acid groups (broad SMARTS) is 1. The number of ether oxygens (including phenoxy) is 1. The molecule has 8 heteroatoms. The molecule has 1 aromatic carbocycles. The number of hydrogen-bond acceptors (Lipinski definition) is 5. The molecule has 8 nitrogen and oxygen atoms in total. The fraction of sp³-hybridized carbons (Fsp3) is 0.278. The van der Waals surface area contributed by atoms with E-state index in [-0.39, 0.29) is 24.1 Å². The van der Waals surface area contributed by atoms with Crippen LogP contribution < -0.4 is 10.6 Å². The maximum atomic E-state index is 12.2. The lowest BCUT2D eigenvalue weighted by molar-refractivity contribution is -0.124. The average Bonchev–Trinajstić information content (AvgIpc) is 3.31. The Bertz CT molecular complexity index is 823. The van der Waals surface area contributed by atoms with Gasteiger partial charge in [0, 0.05) is 17.9 Å². The third kappa shape index (κ3) is 4.28. The van der Waals surface area contributed by atoms with Crippen LogP contribution in [0.15, 0.2) is 40.8 Å². The Morgan fingerprint density at radius 3 is 2.73 bits per heavy atom. The van der Waals surface area contributed by atoms with E-state index in [1.807, 2.05) is 0 Å². The highest BCUT2D eigenvalue weighted by atomic mass is 16.5. The molecule has 0 spiro atoms. The molecular weight excluding hydrogens is 340 g/mol. The summed E-state index contributed by atoms with van der Waals surface area (Å²) in [4.78, 5) is 35.1. The van der Waals surface area contributed by atoms with Crippen LogP contribution in [0.3, 0.4) is 0 Å². The second-order valence-corrected chi connectivity index (χ2v) is 5.83. The lowest BCUT2D eigenvalue weighted by atomic mass is 10.1. The van der Waals surface area contributed by atoms with Crippen molar-refractivity contribution in [3.05, 3.63) is 53.5 Å². The molecular formula is C18H18N2O6. The monoisotopic (exact) mass is 358 g/mol. The van der Waals surface area contributed by atoms with Crippen molar-refractivity contribution in [2.75, 3.05) is 11.9 Å². The number of rotatable bonds is 6. The van der Waals surface area contributed by atoms with Gasteiger partial charge in [-0.1, -0.05) is 6.07 Å². The fourth-order valence-electron chi connectivity index (χ4n) is 2.60. The van der Waals surface area contributed by atoms with Crippen molar-refractivity contribution in [2.45, 2.75) is 25.5 Å². The van der Waals surface area contributed by atoms with E-state index in [0.29, 0.717) is 30.0 Å². The standard InChI is InChI=1S/C18H18N2O6/c21-16(19-10-13-6-7-15(26-13)18(23)24)11-3-1-4-12(9-11)20-17(22)14-5-2-8-25-14/h1,3-4,6-7,9,14H,2,5,8,10H2,(H,19,21)(H,20,22)(H,23,24). The Morgan fingerprint density at radius 1 is 1.19 bits per heavy atom. The zero-order valence-corrected chi connectivity index (χ0v) is 13.9. The lowest BCUT2D eigenvalue weighted by Crippen LogP contribution is -2.27. The quantitative estimate of drug-likeness (QED) is 0.727. The first-order valence-electron chi connectivity index (χ1n) is 8.15. The summed E-state index contributed by atoms with van der Waals surface area (Å²) in [5.74, 6) is -1.62. The van der Waals surface area contributed by atoms with E-state index >= 15 is 0 Å². The number of carbonyl (C=O) groups excluding carboxylic acids is 2. The molecule has 1 unspecified atom stereocenters. The molecule has 136 valence electrons. The molecule has 2 heterocycles. The van der Waals surface area contributed by atoms with Crippen LogP contribution in [-0.4, -0.2) is 35.6 Å². The summed E-state index contributed by atoms with van der Waals surface area (Å²) in [5.41, 5.74) is 0.865. The number of furan rings is 1. The molecule has 3 N–H and O–H groups in total. The summed E-state index contributed by atoms with van der Waals surface area (Å²) in [5, 5.41) is 14.2. The van der Waals surface area contributed by atoms with E-state index < -0.39 is 12.1 Å². The number of amides is 2. The molecule has 2 aromatic rings. The summed E-state index contributed by atoms with van der Waals surface area (Å²) in [6.45, 7) is 0.634. The number of hydrogen-bond donors (Lipinski definition) is 3. The lowest BCUT2D eigenvalue weighted by Gasteiger charge is -2.11. The van der Waals surface area contributed by atoms with Crippen LogP contribution in [-0.2, 0) is 16.1 Å². The second-order valence-electron chi connectivity index (χ2n) is 5.83. The van der Waals surface area contributed by atoms with Gasteiger partial charge in [-0.3, -0.25) is 9.59 Å². The highest BCUT2D eigenvalue weighted by Crippen LogP contribution is 2.16. The first-order valence-corrected chi connectivity index (χ1v) is 8.15. The normalized spacial score (nSPS) is 16.2. The second kappa shape index (κ2) is 7.83. The van der Waals surface area contributed by atoms with Crippen molar-refractivity contribution in [3.8, 4) is 0 Å². The Morgan fingerprint density at radius 2 is 2.04 bits per heavy atom. The van der Waals surface area contributed by atoms with Gasteiger partial charge in [-0.2, -0.15) is 0 Å². The van der Waals surface area contributed by atoms with Gasteiger partial charge in [0.15, 0.2) is 0 Å². The molecule has 1 aromatic heterocycles. The number of nitrogens with one attached hydrogen (secondary N) is 2. The zero-order chi connectivity index (χ0) is 18.5. The van der Waals surface area contributed by atoms with Gasteiger partial charge in [0.2, 0.25) is 5.76 Å². The summed E-state index contributed by atoms with van der Waals surface area (Å²) >= 11 is 0. The highest BCUT2D eigenvalue weighted by Gasteiger charge is 2.23. The molecule has 1 atom stereocenters.